The Morgan fingerprint density at radius 1 is 1.00 bits per heavy atom. The van der Waals surface area contributed by atoms with Crippen LogP contribution in [0.2, 0.25) is 0 Å². The molecule has 0 aliphatic heterocycles. The van der Waals surface area contributed by atoms with E-state index in [4.69, 9.17) is 0 Å². The van der Waals surface area contributed by atoms with Crippen molar-refractivity contribution in [2.24, 2.45) is 52.3 Å². The van der Waals surface area contributed by atoms with E-state index in [-0.39, 0.29) is 6.10 Å². The molecule has 0 radical (unpaired) electrons. The van der Waals surface area contributed by atoms with Crippen LogP contribution in [0.3, 0.4) is 0 Å². The van der Waals surface area contributed by atoms with E-state index < -0.39 is 0 Å². The van der Waals surface area contributed by atoms with E-state index in [1.807, 2.05) is 5.57 Å². The summed E-state index contributed by atoms with van der Waals surface area (Å²) in [6.07, 6.45) is 19.2. The molecule has 3 fully saturated rings. The summed E-state index contributed by atoms with van der Waals surface area (Å²) in [6.45, 7) is 14.8. The lowest BCUT2D eigenvalue weighted by molar-refractivity contribution is -0.0414. The molecule has 3 saturated carbocycles. The molecular formula is C29H48O. The molecule has 0 heterocycles. The van der Waals surface area contributed by atoms with Gasteiger partial charge in [0.2, 0.25) is 0 Å². The summed E-state index contributed by atoms with van der Waals surface area (Å²) >= 11 is 0. The van der Waals surface area contributed by atoms with E-state index in [0.29, 0.717) is 22.7 Å². The first-order valence-corrected chi connectivity index (χ1v) is 13.3. The van der Waals surface area contributed by atoms with Gasteiger partial charge in [0.05, 0.1) is 6.10 Å². The molecule has 30 heavy (non-hydrogen) atoms. The minimum Gasteiger partial charge on any atom is -0.393 e. The number of allylic oxidation sites excluding steroid dienone is 4. The lowest BCUT2D eigenvalue weighted by atomic mass is 9.47. The Labute approximate surface area is 186 Å². The third-order valence-electron chi connectivity index (χ3n) is 10.7. The molecule has 1 N–H and O–H groups in total. The van der Waals surface area contributed by atoms with Crippen molar-refractivity contribution in [1.82, 2.24) is 0 Å². The van der Waals surface area contributed by atoms with Gasteiger partial charge in [-0.1, -0.05) is 65.3 Å². The van der Waals surface area contributed by atoms with E-state index in [9.17, 15) is 5.11 Å². The van der Waals surface area contributed by atoms with Crippen molar-refractivity contribution < 1.29 is 5.11 Å². The Morgan fingerprint density at radius 3 is 2.40 bits per heavy atom. The average molecular weight is 413 g/mol. The second kappa shape index (κ2) is 8.42. The molecule has 4 aliphatic rings. The number of fused-ring (bicyclic) bond motifs is 5. The van der Waals surface area contributed by atoms with Crippen molar-refractivity contribution in [1.29, 1.82) is 0 Å². The monoisotopic (exact) mass is 412 g/mol. The molecule has 0 amide bonds. The summed E-state index contributed by atoms with van der Waals surface area (Å²) in [4.78, 5) is 0. The summed E-state index contributed by atoms with van der Waals surface area (Å²) in [5, 5.41) is 10.3. The second-order valence-corrected chi connectivity index (χ2v) is 12.5. The highest BCUT2D eigenvalue weighted by Gasteiger charge is 2.57. The standard InChI is InChI=1S/C29H48O/c1-7-21(19(2)3)9-8-20(4)25-12-13-26-24-11-10-22-18-23(30)14-16-28(22,5)27(24)15-17-29(25,26)6/h8-9,11,19-23,25-27,30H,7,10,12-18H2,1-6H3/b9-8+/t20-,21+,22-,23+,25-,26-,27+,28+,29-/m1/s1. The molecule has 0 aromatic rings. The fourth-order valence-corrected chi connectivity index (χ4v) is 8.68. The molecule has 9 atom stereocenters. The molecule has 0 unspecified atom stereocenters. The number of rotatable bonds is 5. The van der Waals surface area contributed by atoms with Crippen LogP contribution in [0.5, 0.6) is 0 Å². The van der Waals surface area contributed by atoms with Crippen LogP contribution in [0, 0.1) is 52.3 Å². The van der Waals surface area contributed by atoms with Crippen LogP contribution < -0.4 is 0 Å². The van der Waals surface area contributed by atoms with Gasteiger partial charge < -0.3 is 5.11 Å². The van der Waals surface area contributed by atoms with Gasteiger partial charge in [-0.15, -0.1) is 0 Å². The smallest absolute Gasteiger partial charge is 0.0543 e. The van der Waals surface area contributed by atoms with E-state index >= 15 is 0 Å². The molecule has 0 aromatic heterocycles. The van der Waals surface area contributed by atoms with Gasteiger partial charge in [0.25, 0.3) is 0 Å². The van der Waals surface area contributed by atoms with E-state index in [2.05, 4.69) is 59.8 Å². The number of aliphatic hydroxyl groups excluding tert-OH is 1. The van der Waals surface area contributed by atoms with Crippen LogP contribution in [0.1, 0.15) is 99.3 Å². The maximum absolute atomic E-state index is 10.3. The van der Waals surface area contributed by atoms with Crippen LogP contribution in [0.15, 0.2) is 23.8 Å². The van der Waals surface area contributed by atoms with E-state index in [1.54, 1.807) is 0 Å². The Morgan fingerprint density at radius 2 is 1.70 bits per heavy atom. The van der Waals surface area contributed by atoms with Crippen molar-refractivity contribution in [3.8, 4) is 0 Å². The lowest BCUT2D eigenvalue weighted by Gasteiger charge is -2.57. The van der Waals surface area contributed by atoms with Crippen molar-refractivity contribution in [2.75, 3.05) is 0 Å². The van der Waals surface area contributed by atoms with Crippen LogP contribution in [-0.4, -0.2) is 11.2 Å². The predicted octanol–water partition coefficient (Wildman–Crippen LogP) is 7.80. The molecular weight excluding hydrogens is 364 g/mol. The number of hydrogen-bond donors (Lipinski definition) is 1. The van der Waals surface area contributed by atoms with Gasteiger partial charge in [-0.2, -0.15) is 0 Å². The highest BCUT2D eigenvalue weighted by atomic mass is 16.3. The van der Waals surface area contributed by atoms with Crippen molar-refractivity contribution in [2.45, 2.75) is 105 Å². The fourth-order valence-electron chi connectivity index (χ4n) is 8.68. The van der Waals surface area contributed by atoms with E-state index in [0.717, 1.165) is 42.4 Å². The fraction of sp³-hybridized carbons (Fsp3) is 0.862. The molecule has 4 rings (SSSR count). The van der Waals surface area contributed by atoms with Crippen molar-refractivity contribution in [3.63, 3.8) is 0 Å². The molecule has 0 spiro atoms. The van der Waals surface area contributed by atoms with Gasteiger partial charge in [-0.3, -0.25) is 0 Å². The Balaban J connectivity index is 1.53. The maximum Gasteiger partial charge on any atom is 0.0543 e. The van der Waals surface area contributed by atoms with Gasteiger partial charge in [0.15, 0.2) is 0 Å². The minimum atomic E-state index is -0.0480. The van der Waals surface area contributed by atoms with Crippen molar-refractivity contribution in [3.05, 3.63) is 23.8 Å². The van der Waals surface area contributed by atoms with Gasteiger partial charge in [-0.25, -0.2) is 0 Å². The summed E-state index contributed by atoms with van der Waals surface area (Å²) in [7, 11) is 0. The zero-order valence-corrected chi connectivity index (χ0v) is 20.7. The average Bonchev–Trinajstić information content (AvgIpc) is 3.06. The highest BCUT2D eigenvalue weighted by molar-refractivity contribution is 5.28. The minimum absolute atomic E-state index is 0.0480. The molecule has 1 heteroatoms. The quantitative estimate of drug-likeness (QED) is 0.457. The largest absolute Gasteiger partial charge is 0.393 e. The summed E-state index contributed by atoms with van der Waals surface area (Å²) < 4.78 is 0. The summed E-state index contributed by atoms with van der Waals surface area (Å²) in [6, 6.07) is 0. The van der Waals surface area contributed by atoms with Gasteiger partial charge in [-0.05, 0) is 110 Å². The normalized spacial score (nSPS) is 45.6. The van der Waals surface area contributed by atoms with Crippen LogP contribution in [0.25, 0.3) is 0 Å². The Bertz CT molecular complexity index is 674. The number of aliphatic hydroxyl groups is 1. The third-order valence-corrected chi connectivity index (χ3v) is 10.7. The molecule has 4 aliphatic carbocycles. The van der Waals surface area contributed by atoms with Gasteiger partial charge in [0.1, 0.15) is 0 Å². The zero-order valence-electron chi connectivity index (χ0n) is 20.7. The first kappa shape index (κ1) is 22.6. The van der Waals surface area contributed by atoms with Gasteiger partial charge in [0, 0.05) is 0 Å². The van der Waals surface area contributed by atoms with Crippen LogP contribution in [0.4, 0.5) is 0 Å². The van der Waals surface area contributed by atoms with E-state index in [1.165, 1.54) is 44.9 Å². The van der Waals surface area contributed by atoms with Gasteiger partial charge >= 0.3 is 0 Å². The Kier molecular flexibility index (Phi) is 6.35. The second-order valence-electron chi connectivity index (χ2n) is 12.5. The maximum atomic E-state index is 10.3. The Hall–Kier alpha value is -0.560. The molecule has 0 saturated heterocycles. The molecule has 170 valence electrons. The zero-order chi connectivity index (χ0) is 21.7. The topological polar surface area (TPSA) is 20.2 Å². The van der Waals surface area contributed by atoms with Crippen LogP contribution >= 0.6 is 0 Å². The summed E-state index contributed by atoms with van der Waals surface area (Å²) in [5.41, 5.74) is 2.79. The van der Waals surface area contributed by atoms with Crippen molar-refractivity contribution >= 4 is 0 Å². The first-order chi connectivity index (χ1) is 14.2. The number of hydrogen-bond acceptors (Lipinski definition) is 1. The lowest BCUT2D eigenvalue weighted by Crippen LogP contribution is -2.49. The molecule has 1 nitrogen and oxygen atoms in total. The molecule has 0 aromatic carbocycles. The third kappa shape index (κ3) is 3.66. The predicted molar refractivity (Wildman–Crippen MR) is 128 cm³/mol. The highest BCUT2D eigenvalue weighted by Crippen LogP contribution is 2.66. The first-order valence-electron chi connectivity index (χ1n) is 13.3. The SMILES string of the molecule is CC[C@@H](/C=C/[C@@H](C)[C@H]1CC[C@@H]2C3=CC[C@@H]4C[C@@H](O)CC[C@]4(C)[C@H]3CC[C@@]21C)C(C)C. The molecule has 0 bridgehead atoms. The summed E-state index contributed by atoms with van der Waals surface area (Å²) in [5.74, 6) is 5.32. The van der Waals surface area contributed by atoms with Crippen LogP contribution in [-0.2, 0) is 0 Å².